The molecule has 0 atom stereocenters. The van der Waals surface area contributed by atoms with Crippen LogP contribution in [0.3, 0.4) is 0 Å². The van der Waals surface area contributed by atoms with Gasteiger partial charge in [-0.25, -0.2) is 13.4 Å². The molecule has 3 aromatic rings. The molecule has 0 amide bonds. The number of aromatic nitrogens is 1. The molecule has 1 fully saturated rings. The second-order valence-corrected chi connectivity index (χ2v) is 10.8. The van der Waals surface area contributed by atoms with Gasteiger partial charge in [-0.1, -0.05) is 42.8 Å². The molecular weight excluding hydrogens is 452 g/mol. The highest BCUT2D eigenvalue weighted by atomic mass is 35.5. The number of benzene rings is 2. The summed E-state index contributed by atoms with van der Waals surface area (Å²) in [5.74, 6) is 0.570. The van der Waals surface area contributed by atoms with Gasteiger partial charge in [0.25, 0.3) is 0 Å². The Morgan fingerprint density at radius 1 is 1.19 bits per heavy atom. The molecule has 2 aromatic carbocycles. The third-order valence-corrected chi connectivity index (χ3v) is 8.15. The quantitative estimate of drug-likeness (QED) is 0.387. The molecular formula is C22H23ClN4O2S2. The fraction of sp³-hybridized carbons (Fsp3) is 0.273. The summed E-state index contributed by atoms with van der Waals surface area (Å²) in [6.45, 7) is 3.31. The summed E-state index contributed by atoms with van der Waals surface area (Å²) in [6.07, 6.45) is 3.48. The molecule has 4 rings (SSSR count). The van der Waals surface area contributed by atoms with Crippen LogP contribution in [-0.2, 0) is 10.0 Å². The molecule has 162 valence electrons. The van der Waals surface area contributed by atoms with Crippen LogP contribution in [0.2, 0.25) is 5.02 Å². The van der Waals surface area contributed by atoms with Gasteiger partial charge in [0.15, 0.2) is 0 Å². The van der Waals surface area contributed by atoms with E-state index in [2.05, 4.69) is 22.4 Å². The van der Waals surface area contributed by atoms with Gasteiger partial charge in [0.05, 0.1) is 16.8 Å². The van der Waals surface area contributed by atoms with Gasteiger partial charge >= 0.3 is 0 Å². The first-order valence-electron chi connectivity index (χ1n) is 10.0. The van der Waals surface area contributed by atoms with Gasteiger partial charge in [0, 0.05) is 29.1 Å². The highest BCUT2D eigenvalue weighted by Gasteiger charge is 2.28. The zero-order chi connectivity index (χ0) is 21.8. The van der Waals surface area contributed by atoms with Crippen molar-refractivity contribution in [3.8, 4) is 11.3 Å². The van der Waals surface area contributed by atoms with Gasteiger partial charge in [0.1, 0.15) is 0 Å². The smallest absolute Gasteiger partial charge is 0.243 e. The molecule has 1 saturated heterocycles. The fourth-order valence-corrected chi connectivity index (χ4v) is 5.67. The van der Waals surface area contributed by atoms with Crippen LogP contribution in [0, 0.1) is 5.92 Å². The monoisotopic (exact) mass is 474 g/mol. The molecule has 0 unspecified atom stereocenters. The van der Waals surface area contributed by atoms with Crippen molar-refractivity contribution in [3.63, 3.8) is 0 Å². The van der Waals surface area contributed by atoms with Crippen molar-refractivity contribution in [2.24, 2.45) is 11.0 Å². The number of hydrogen-bond acceptors (Lipinski definition) is 6. The van der Waals surface area contributed by atoms with E-state index < -0.39 is 10.0 Å². The van der Waals surface area contributed by atoms with Crippen LogP contribution in [-0.4, -0.2) is 37.0 Å². The van der Waals surface area contributed by atoms with E-state index in [0.29, 0.717) is 39.8 Å². The number of nitrogens with zero attached hydrogens (tertiary/aromatic N) is 3. The molecule has 0 aliphatic carbocycles. The lowest BCUT2D eigenvalue weighted by atomic mass is 10.0. The molecule has 0 radical (unpaired) electrons. The van der Waals surface area contributed by atoms with Crippen molar-refractivity contribution in [1.29, 1.82) is 0 Å². The number of hydrogen-bond donors (Lipinski definition) is 1. The summed E-state index contributed by atoms with van der Waals surface area (Å²) in [5, 5.41) is 7.38. The van der Waals surface area contributed by atoms with Gasteiger partial charge in [-0.15, -0.1) is 11.3 Å². The summed E-state index contributed by atoms with van der Waals surface area (Å²) in [6, 6.07) is 14.3. The van der Waals surface area contributed by atoms with Crippen molar-refractivity contribution < 1.29 is 8.42 Å². The van der Waals surface area contributed by atoms with Gasteiger partial charge in [-0.2, -0.15) is 9.41 Å². The van der Waals surface area contributed by atoms with Crippen LogP contribution >= 0.6 is 22.9 Å². The predicted molar refractivity (Wildman–Crippen MR) is 127 cm³/mol. The van der Waals surface area contributed by atoms with E-state index >= 15 is 0 Å². The third kappa shape index (κ3) is 5.33. The molecule has 31 heavy (non-hydrogen) atoms. The molecule has 1 aliphatic rings. The van der Waals surface area contributed by atoms with E-state index in [9.17, 15) is 8.42 Å². The number of nitrogens with one attached hydrogen (secondary N) is 1. The summed E-state index contributed by atoms with van der Waals surface area (Å²) in [4.78, 5) is 4.84. The highest BCUT2D eigenvalue weighted by molar-refractivity contribution is 7.89. The van der Waals surface area contributed by atoms with E-state index in [1.807, 2.05) is 23.6 Å². The SMILES string of the molecule is CC1CCN(S(=O)(=O)c2cccc(-c3csc(N/N=C/c4ccc(Cl)cc4)n3)c2)CC1. The van der Waals surface area contributed by atoms with Gasteiger partial charge in [-0.3, -0.25) is 5.43 Å². The van der Waals surface area contributed by atoms with Gasteiger partial charge in [0.2, 0.25) is 15.2 Å². The van der Waals surface area contributed by atoms with Crippen molar-refractivity contribution in [1.82, 2.24) is 9.29 Å². The Morgan fingerprint density at radius 2 is 1.94 bits per heavy atom. The number of halogens is 1. The Hall–Kier alpha value is -2.26. The zero-order valence-electron chi connectivity index (χ0n) is 17.0. The molecule has 9 heteroatoms. The fourth-order valence-electron chi connectivity index (χ4n) is 3.36. The average Bonchev–Trinajstić information content (AvgIpc) is 3.25. The molecule has 6 nitrogen and oxygen atoms in total. The van der Waals surface area contributed by atoms with Gasteiger partial charge in [-0.05, 0) is 48.6 Å². The maximum atomic E-state index is 13.0. The summed E-state index contributed by atoms with van der Waals surface area (Å²) in [7, 11) is -3.50. The Labute approximate surface area is 191 Å². The summed E-state index contributed by atoms with van der Waals surface area (Å²) < 4.78 is 27.7. The maximum Gasteiger partial charge on any atom is 0.243 e. The molecule has 0 bridgehead atoms. The topological polar surface area (TPSA) is 74.7 Å². The van der Waals surface area contributed by atoms with E-state index in [1.165, 1.54) is 11.3 Å². The Balaban J connectivity index is 1.47. The first-order chi connectivity index (χ1) is 14.9. The van der Waals surface area contributed by atoms with Crippen LogP contribution < -0.4 is 5.43 Å². The molecule has 2 heterocycles. The summed E-state index contributed by atoms with van der Waals surface area (Å²) >= 11 is 7.29. The standard InChI is InChI=1S/C22H23ClN4O2S2/c1-16-9-11-27(12-10-16)31(28,29)20-4-2-3-18(13-20)21-15-30-22(25-21)26-24-14-17-5-7-19(23)8-6-17/h2-8,13-16H,9-12H2,1H3,(H,25,26)/b24-14+. The average molecular weight is 475 g/mol. The van der Waals surface area contributed by atoms with E-state index in [-0.39, 0.29) is 0 Å². The van der Waals surface area contributed by atoms with Gasteiger partial charge < -0.3 is 0 Å². The van der Waals surface area contributed by atoms with Crippen LogP contribution in [0.1, 0.15) is 25.3 Å². The molecule has 0 saturated carbocycles. The lowest BCUT2D eigenvalue weighted by molar-refractivity contribution is 0.288. The molecule has 1 N–H and O–H groups in total. The maximum absolute atomic E-state index is 13.0. The number of hydrazone groups is 1. The van der Waals surface area contributed by atoms with E-state index in [4.69, 9.17) is 11.6 Å². The van der Waals surface area contributed by atoms with Crippen molar-refractivity contribution in [2.45, 2.75) is 24.7 Å². The van der Waals surface area contributed by atoms with Crippen molar-refractivity contribution in [2.75, 3.05) is 18.5 Å². The molecule has 1 aromatic heterocycles. The van der Waals surface area contributed by atoms with Crippen LogP contribution in [0.4, 0.5) is 5.13 Å². The lowest BCUT2D eigenvalue weighted by Crippen LogP contribution is -2.37. The second-order valence-electron chi connectivity index (χ2n) is 7.57. The largest absolute Gasteiger partial charge is 0.253 e. The lowest BCUT2D eigenvalue weighted by Gasteiger charge is -2.29. The number of rotatable bonds is 6. The second kappa shape index (κ2) is 9.48. The first kappa shape index (κ1) is 22.0. The van der Waals surface area contributed by atoms with Crippen LogP contribution in [0.5, 0.6) is 0 Å². The molecule has 0 spiro atoms. The first-order valence-corrected chi connectivity index (χ1v) is 12.7. The molecule has 1 aliphatic heterocycles. The Kier molecular flexibility index (Phi) is 6.71. The van der Waals surface area contributed by atoms with E-state index in [1.54, 1.807) is 40.9 Å². The number of thiazole rings is 1. The van der Waals surface area contributed by atoms with Crippen molar-refractivity contribution >= 4 is 44.3 Å². The minimum atomic E-state index is -3.50. The normalized spacial score (nSPS) is 16.1. The summed E-state index contributed by atoms with van der Waals surface area (Å²) in [5.41, 5.74) is 5.30. The minimum absolute atomic E-state index is 0.308. The third-order valence-electron chi connectivity index (χ3n) is 5.26. The number of anilines is 1. The van der Waals surface area contributed by atoms with Crippen molar-refractivity contribution in [3.05, 3.63) is 64.5 Å². The Morgan fingerprint density at radius 3 is 2.68 bits per heavy atom. The number of piperidine rings is 1. The predicted octanol–water partition coefficient (Wildman–Crippen LogP) is 5.33. The van der Waals surface area contributed by atoms with Crippen LogP contribution in [0.15, 0.2) is 63.9 Å². The number of sulfonamides is 1. The highest BCUT2D eigenvalue weighted by Crippen LogP contribution is 2.29. The zero-order valence-corrected chi connectivity index (χ0v) is 19.4. The Bertz CT molecular complexity index is 1170. The van der Waals surface area contributed by atoms with E-state index in [0.717, 1.165) is 24.0 Å². The minimum Gasteiger partial charge on any atom is -0.253 e. The van der Waals surface area contributed by atoms with Crippen LogP contribution in [0.25, 0.3) is 11.3 Å².